The Morgan fingerprint density at radius 3 is 2.69 bits per heavy atom. The van der Waals surface area contributed by atoms with Crippen molar-refractivity contribution in [1.82, 2.24) is 4.98 Å². The van der Waals surface area contributed by atoms with Gasteiger partial charge in [-0.05, 0) is 38.0 Å². The highest BCUT2D eigenvalue weighted by Crippen LogP contribution is 2.29. The molecule has 1 aromatic carbocycles. The van der Waals surface area contributed by atoms with Crippen LogP contribution in [0.5, 0.6) is 0 Å². The van der Waals surface area contributed by atoms with Gasteiger partial charge in [-0.15, -0.1) is 0 Å². The van der Waals surface area contributed by atoms with Crippen LogP contribution in [-0.4, -0.2) is 10.8 Å². The van der Waals surface area contributed by atoms with Gasteiger partial charge in [-0.25, -0.2) is 0 Å². The van der Waals surface area contributed by atoms with E-state index in [1.807, 2.05) is 26.0 Å². The standard InChI is InChI=1S/C13H14ClNO/c1-7(16)6-11-9(3)15-13-8(2)12(14)5-4-10(11)13/h4-5,15H,6H2,1-3H3. The summed E-state index contributed by atoms with van der Waals surface area (Å²) < 4.78 is 0. The van der Waals surface area contributed by atoms with E-state index in [9.17, 15) is 4.79 Å². The first-order valence-corrected chi connectivity index (χ1v) is 5.64. The number of Topliss-reactive ketones (excluding diaryl/α,β-unsaturated/α-hetero) is 1. The number of carbonyl (C=O) groups excluding carboxylic acids is 1. The molecule has 2 rings (SSSR count). The zero-order chi connectivity index (χ0) is 11.9. The van der Waals surface area contributed by atoms with Crippen LogP contribution in [0.15, 0.2) is 12.1 Å². The van der Waals surface area contributed by atoms with Crippen molar-refractivity contribution >= 4 is 28.3 Å². The number of fused-ring (bicyclic) bond motifs is 1. The van der Waals surface area contributed by atoms with Crippen LogP contribution >= 0.6 is 11.6 Å². The molecule has 0 radical (unpaired) electrons. The Labute approximate surface area is 99.6 Å². The number of carbonyl (C=O) groups is 1. The topological polar surface area (TPSA) is 32.9 Å². The summed E-state index contributed by atoms with van der Waals surface area (Å²) in [4.78, 5) is 14.5. The predicted molar refractivity (Wildman–Crippen MR) is 67.2 cm³/mol. The van der Waals surface area contributed by atoms with Crippen molar-refractivity contribution in [2.24, 2.45) is 0 Å². The van der Waals surface area contributed by atoms with Crippen LogP contribution in [0.4, 0.5) is 0 Å². The minimum Gasteiger partial charge on any atom is -0.358 e. The Morgan fingerprint density at radius 1 is 1.38 bits per heavy atom. The van der Waals surface area contributed by atoms with E-state index >= 15 is 0 Å². The number of rotatable bonds is 2. The molecule has 0 fully saturated rings. The van der Waals surface area contributed by atoms with E-state index in [2.05, 4.69) is 4.98 Å². The van der Waals surface area contributed by atoms with Crippen molar-refractivity contribution in [1.29, 1.82) is 0 Å². The monoisotopic (exact) mass is 235 g/mol. The summed E-state index contributed by atoms with van der Waals surface area (Å²) >= 11 is 6.07. The molecule has 0 unspecified atom stereocenters. The number of aromatic amines is 1. The first-order valence-electron chi connectivity index (χ1n) is 5.26. The second-order valence-electron chi connectivity index (χ2n) is 4.20. The molecule has 0 aliphatic carbocycles. The number of hydrogen-bond acceptors (Lipinski definition) is 1. The lowest BCUT2D eigenvalue weighted by Gasteiger charge is -2.00. The van der Waals surface area contributed by atoms with Crippen molar-refractivity contribution in [2.75, 3.05) is 0 Å². The molecule has 0 spiro atoms. The van der Waals surface area contributed by atoms with Crippen LogP contribution in [-0.2, 0) is 11.2 Å². The Morgan fingerprint density at radius 2 is 2.06 bits per heavy atom. The van der Waals surface area contributed by atoms with Gasteiger partial charge in [0.25, 0.3) is 0 Å². The number of H-pyrrole nitrogens is 1. The van der Waals surface area contributed by atoms with Gasteiger partial charge in [-0.1, -0.05) is 17.7 Å². The summed E-state index contributed by atoms with van der Waals surface area (Å²) in [6.07, 6.45) is 0.479. The van der Waals surface area contributed by atoms with E-state index < -0.39 is 0 Å². The van der Waals surface area contributed by atoms with Crippen molar-refractivity contribution in [3.05, 3.63) is 34.0 Å². The molecule has 84 valence electrons. The molecule has 0 aliphatic heterocycles. The SMILES string of the molecule is CC(=O)Cc1c(C)[nH]c2c(C)c(Cl)ccc12. The van der Waals surface area contributed by atoms with Crippen molar-refractivity contribution in [2.45, 2.75) is 27.2 Å². The third-order valence-electron chi connectivity index (χ3n) is 2.91. The normalized spacial score (nSPS) is 11.0. The first-order chi connectivity index (χ1) is 7.50. The van der Waals surface area contributed by atoms with Crippen LogP contribution in [0.2, 0.25) is 5.02 Å². The Kier molecular flexibility index (Phi) is 2.76. The maximum absolute atomic E-state index is 11.2. The van der Waals surface area contributed by atoms with Crippen LogP contribution in [0, 0.1) is 13.8 Å². The van der Waals surface area contributed by atoms with Crippen LogP contribution in [0.25, 0.3) is 10.9 Å². The van der Waals surface area contributed by atoms with Gasteiger partial charge in [0.1, 0.15) is 5.78 Å². The fourth-order valence-corrected chi connectivity index (χ4v) is 2.20. The number of aromatic nitrogens is 1. The molecule has 0 bridgehead atoms. The van der Waals surface area contributed by atoms with E-state index in [0.29, 0.717) is 6.42 Å². The molecule has 0 atom stereocenters. The fourth-order valence-electron chi connectivity index (χ4n) is 2.04. The van der Waals surface area contributed by atoms with Gasteiger partial charge in [0.05, 0.1) is 5.52 Å². The zero-order valence-electron chi connectivity index (χ0n) is 9.65. The minimum absolute atomic E-state index is 0.177. The number of hydrogen-bond donors (Lipinski definition) is 1. The van der Waals surface area contributed by atoms with Gasteiger partial charge in [0.2, 0.25) is 0 Å². The van der Waals surface area contributed by atoms with Gasteiger partial charge < -0.3 is 4.98 Å². The summed E-state index contributed by atoms with van der Waals surface area (Å²) in [5.41, 5.74) is 4.22. The molecule has 2 aromatic rings. The van der Waals surface area contributed by atoms with Crippen molar-refractivity contribution in [3.8, 4) is 0 Å². The summed E-state index contributed by atoms with van der Waals surface area (Å²) in [5.74, 6) is 0.177. The number of benzene rings is 1. The lowest BCUT2D eigenvalue weighted by molar-refractivity contribution is -0.116. The molecular formula is C13H14ClNO. The third-order valence-corrected chi connectivity index (χ3v) is 3.32. The Hall–Kier alpha value is -1.28. The molecule has 0 amide bonds. The van der Waals surface area contributed by atoms with E-state index in [0.717, 1.165) is 32.7 Å². The highest BCUT2D eigenvalue weighted by molar-refractivity contribution is 6.32. The fraction of sp³-hybridized carbons (Fsp3) is 0.308. The van der Waals surface area contributed by atoms with Gasteiger partial charge in [0.15, 0.2) is 0 Å². The zero-order valence-corrected chi connectivity index (χ0v) is 10.4. The van der Waals surface area contributed by atoms with E-state index in [4.69, 9.17) is 11.6 Å². The van der Waals surface area contributed by atoms with E-state index in [1.165, 1.54) is 0 Å². The highest BCUT2D eigenvalue weighted by Gasteiger charge is 2.12. The quantitative estimate of drug-likeness (QED) is 0.848. The maximum atomic E-state index is 11.2. The first kappa shape index (κ1) is 11.2. The number of ketones is 1. The minimum atomic E-state index is 0.177. The molecule has 0 saturated heterocycles. The molecule has 16 heavy (non-hydrogen) atoms. The van der Waals surface area contributed by atoms with Gasteiger partial charge in [-0.2, -0.15) is 0 Å². The average Bonchev–Trinajstić information content (AvgIpc) is 2.51. The Balaban J connectivity index is 2.71. The van der Waals surface area contributed by atoms with Crippen LogP contribution < -0.4 is 0 Å². The number of halogens is 1. The van der Waals surface area contributed by atoms with E-state index in [1.54, 1.807) is 6.92 Å². The summed E-state index contributed by atoms with van der Waals surface area (Å²) in [6, 6.07) is 3.86. The molecule has 0 aliphatic rings. The average molecular weight is 236 g/mol. The van der Waals surface area contributed by atoms with Crippen molar-refractivity contribution in [3.63, 3.8) is 0 Å². The van der Waals surface area contributed by atoms with Gasteiger partial charge in [-0.3, -0.25) is 4.79 Å². The number of nitrogens with one attached hydrogen (secondary N) is 1. The number of aryl methyl sites for hydroxylation is 2. The second kappa shape index (κ2) is 3.95. The molecule has 0 saturated carbocycles. The molecule has 1 aromatic heterocycles. The summed E-state index contributed by atoms with van der Waals surface area (Å²) in [7, 11) is 0. The molecule has 2 nitrogen and oxygen atoms in total. The van der Waals surface area contributed by atoms with Gasteiger partial charge in [0, 0.05) is 22.5 Å². The van der Waals surface area contributed by atoms with Gasteiger partial charge >= 0.3 is 0 Å². The lowest BCUT2D eigenvalue weighted by Crippen LogP contribution is -1.96. The largest absolute Gasteiger partial charge is 0.358 e. The molecule has 1 N–H and O–H groups in total. The highest BCUT2D eigenvalue weighted by atomic mass is 35.5. The predicted octanol–water partition coefficient (Wildman–Crippen LogP) is 3.57. The smallest absolute Gasteiger partial charge is 0.134 e. The summed E-state index contributed by atoms with van der Waals surface area (Å²) in [6.45, 7) is 5.59. The Bertz CT molecular complexity index is 569. The van der Waals surface area contributed by atoms with Crippen LogP contribution in [0.1, 0.15) is 23.7 Å². The molecule has 1 heterocycles. The second-order valence-corrected chi connectivity index (χ2v) is 4.61. The van der Waals surface area contributed by atoms with Crippen LogP contribution in [0.3, 0.4) is 0 Å². The van der Waals surface area contributed by atoms with E-state index in [-0.39, 0.29) is 5.78 Å². The van der Waals surface area contributed by atoms with Crippen molar-refractivity contribution < 1.29 is 4.79 Å². The third kappa shape index (κ3) is 1.74. The maximum Gasteiger partial charge on any atom is 0.134 e. The summed E-state index contributed by atoms with van der Waals surface area (Å²) in [5, 5.41) is 1.86. The molecular weight excluding hydrogens is 222 g/mol. The lowest BCUT2D eigenvalue weighted by atomic mass is 10.0. The molecule has 3 heteroatoms.